The number of phenols is 1. The molecule has 1 aromatic heterocycles. The van der Waals surface area contributed by atoms with Crippen molar-refractivity contribution in [1.29, 1.82) is 0 Å². The molecule has 5 nitrogen and oxygen atoms in total. The number of benzene rings is 2. The Balaban J connectivity index is 2.00. The smallest absolute Gasteiger partial charge is 0.270 e. The number of hydrogen-bond acceptors (Lipinski definition) is 4. The number of nitrogens with one attached hydrogen (secondary N) is 1. The average molecular weight is 439 g/mol. The Labute approximate surface area is 184 Å². The van der Waals surface area contributed by atoms with Crippen molar-refractivity contribution in [2.45, 2.75) is 26.0 Å². The first-order valence-electron chi connectivity index (χ1n) is 9.46. The van der Waals surface area contributed by atoms with Gasteiger partial charge in [-0.05, 0) is 61.9 Å². The summed E-state index contributed by atoms with van der Waals surface area (Å²) in [7, 11) is 0. The molecule has 1 amide bonds. The Bertz CT molecular complexity index is 1170. The molecule has 0 saturated heterocycles. The minimum absolute atomic E-state index is 0.102. The molecule has 0 saturated carbocycles. The maximum atomic E-state index is 13.9. The number of pyridine rings is 1. The third-order valence-electron chi connectivity index (χ3n) is 4.39. The van der Waals surface area contributed by atoms with Crippen molar-refractivity contribution < 1.29 is 19.4 Å². The van der Waals surface area contributed by atoms with E-state index in [2.05, 4.69) is 22.1 Å². The molecule has 3 aromatic rings. The Hall–Kier alpha value is -3.40. The summed E-state index contributed by atoms with van der Waals surface area (Å²) < 4.78 is 13.9. The summed E-state index contributed by atoms with van der Waals surface area (Å²) in [6.45, 7) is 3.26. The lowest BCUT2D eigenvalue weighted by Crippen LogP contribution is -2.30. The van der Waals surface area contributed by atoms with Crippen LogP contribution in [0.3, 0.4) is 0 Å². The second-order valence-corrected chi connectivity index (χ2v) is 7.43. The van der Waals surface area contributed by atoms with Crippen molar-refractivity contribution in [2.24, 2.45) is 0 Å². The van der Waals surface area contributed by atoms with Gasteiger partial charge in [-0.2, -0.15) is 0 Å². The van der Waals surface area contributed by atoms with Crippen LogP contribution in [0, 0.1) is 24.6 Å². The highest BCUT2D eigenvalue weighted by Crippen LogP contribution is 2.31. The summed E-state index contributed by atoms with van der Waals surface area (Å²) in [6, 6.07) is 12.5. The molecule has 0 aliphatic rings. The van der Waals surface area contributed by atoms with Gasteiger partial charge in [0.25, 0.3) is 5.91 Å². The molecule has 1 unspecified atom stereocenters. The van der Waals surface area contributed by atoms with Crippen LogP contribution in [0.15, 0.2) is 54.6 Å². The minimum Gasteiger partial charge on any atom is -0.508 e. The molecule has 0 aliphatic heterocycles. The Morgan fingerprint density at radius 2 is 1.87 bits per heavy atom. The van der Waals surface area contributed by atoms with E-state index >= 15 is 0 Å². The van der Waals surface area contributed by atoms with E-state index in [1.54, 1.807) is 37.3 Å². The van der Waals surface area contributed by atoms with Crippen LogP contribution in [0.1, 0.15) is 45.8 Å². The van der Waals surface area contributed by atoms with Gasteiger partial charge in [0.1, 0.15) is 23.4 Å². The van der Waals surface area contributed by atoms with E-state index in [-0.39, 0.29) is 17.0 Å². The predicted molar refractivity (Wildman–Crippen MR) is 116 cm³/mol. The number of hydrogen-bond donors (Lipinski definition) is 3. The molecule has 0 radical (unpaired) electrons. The quantitative estimate of drug-likeness (QED) is 0.535. The SMILES string of the molecule is Cc1cc(C#C[C@@H](C)O)cc(C(=O)NC(c2ccc(Cl)cc2)c2cc(F)ccc2O)n1. The zero-order valence-corrected chi connectivity index (χ0v) is 17.6. The fourth-order valence-electron chi connectivity index (χ4n) is 3.00. The van der Waals surface area contributed by atoms with Crippen molar-refractivity contribution in [3.05, 3.63) is 93.5 Å². The predicted octanol–water partition coefficient (Wildman–Crippen LogP) is 4.14. The topological polar surface area (TPSA) is 82.5 Å². The number of aromatic hydroxyl groups is 1. The minimum atomic E-state index is -0.852. The summed E-state index contributed by atoms with van der Waals surface area (Å²) in [5.41, 5.74) is 1.98. The number of aryl methyl sites for hydroxylation is 1. The first kappa shape index (κ1) is 22.3. The van der Waals surface area contributed by atoms with Crippen LogP contribution < -0.4 is 5.32 Å². The lowest BCUT2D eigenvalue weighted by Gasteiger charge is -2.21. The normalized spacial score (nSPS) is 12.4. The van der Waals surface area contributed by atoms with Crippen LogP contribution in [0.2, 0.25) is 5.02 Å². The van der Waals surface area contributed by atoms with Gasteiger partial charge in [-0.15, -0.1) is 0 Å². The second kappa shape index (κ2) is 9.61. The standard InChI is InChI=1S/C24H20ClFN2O3/c1-14-11-16(4-3-15(2)29)12-21(27-14)24(31)28-23(17-5-7-18(25)8-6-17)20-13-19(26)9-10-22(20)30/h5-13,15,23,29-30H,1-2H3,(H,28,31)/t15-,23?/m1/s1. The number of aliphatic hydroxyl groups excluding tert-OH is 1. The van der Waals surface area contributed by atoms with E-state index in [0.29, 0.717) is 21.8 Å². The van der Waals surface area contributed by atoms with E-state index in [0.717, 1.165) is 12.1 Å². The fourth-order valence-corrected chi connectivity index (χ4v) is 3.13. The number of phenolic OH excluding ortho intramolecular Hbond substituents is 1. The Morgan fingerprint density at radius 3 is 2.55 bits per heavy atom. The van der Waals surface area contributed by atoms with Crippen LogP contribution in [0.5, 0.6) is 5.75 Å². The van der Waals surface area contributed by atoms with Crippen LogP contribution >= 0.6 is 11.6 Å². The number of aromatic nitrogens is 1. The van der Waals surface area contributed by atoms with Gasteiger partial charge < -0.3 is 15.5 Å². The van der Waals surface area contributed by atoms with Crippen molar-refractivity contribution >= 4 is 17.5 Å². The zero-order valence-electron chi connectivity index (χ0n) is 16.9. The van der Waals surface area contributed by atoms with Crippen LogP contribution in [-0.4, -0.2) is 27.2 Å². The van der Waals surface area contributed by atoms with Gasteiger partial charge in [-0.3, -0.25) is 4.79 Å². The van der Waals surface area contributed by atoms with Gasteiger partial charge in [-0.25, -0.2) is 9.37 Å². The van der Waals surface area contributed by atoms with Crippen LogP contribution in [-0.2, 0) is 0 Å². The monoisotopic (exact) mass is 438 g/mol. The second-order valence-electron chi connectivity index (χ2n) is 6.99. The number of carbonyl (C=O) groups is 1. The summed E-state index contributed by atoms with van der Waals surface area (Å²) in [5, 5.41) is 23.0. The van der Waals surface area contributed by atoms with Gasteiger partial charge in [0.15, 0.2) is 0 Å². The number of amides is 1. The molecule has 0 spiro atoms. The van der Waals surface area contributed by atoms with E-state index < -0.39 is 23.9 Å². The van der Waals surface area contributed by atoms with E-state index in [4.69, 9.17) is 11.6 Å². The molecule has 7 heteroatoms. The van der Waals surface area contributed by atoms with Crippen molar-refractivity contribution in [3.63, 3.8) is 0 Å². The molecule has 3 rings (SSSR count). The first-order chi connectivity index (χ1) is 14.7. The summed E-state index contributed by atoms with van der Waals surface area (Å²) >= 11 is 5.97. The molecule has 1 heterocycles. The first-order valence-corrected chi connectivity index (χ1v) is 9.84. The number of aliphatic hydroxyl groups is 1. The highest BCUT2D eigenvalue weighted by molar-refractivity contribution is 6.30. The van der Waals surface area contributed by atoms with Crippen LogP contribution in [0.4, 0.5) is 4.39 Å². The van der Waals surface area contributed by atoms with E-state index in [1.807, 2.05) is 0 Å². The van der Waals surface area contributed by atoms with Crippen molar-refractivity contribution in [3.8, 4) is 17.6 Å². The van der Waals surface area contributed by atoms with Gasteiger partial charge in [0.2, 0.25) is 0 Å². The highest BCUT2D eigenvalue weighted by atomic mass is 35.5. The average Bonchev–Trinajstić information content (AvgIpc) is 2.72. The number of halogens is 2. The van der Waals surface area contributed by atoms with Gasteiger partial charge in [-0.1, -0.05) is 35.6 Å². The number of nitrogens with zero attached hydrogens (tertiary/aromatic N) is 1. The van der Waals surface area contributed by atoms with Gasteiger partial charge >= 0.3 is 0 Å². The molecule has 2 atom stereocenters. The molecule has 0 fully saturated rings. The summed E-state index contributed by atoms with van der Waals surface area (Å²) in [4.78, 5) is 17.3. The maximum Gasteiger partial charge on any atom is 0.270 e. The largest absolute Gasteiger partial charge is 0.508 e. The summed E-state index contributed by atoms with van der Waals surface area (Å²) in [6.07, 6.45) is -0.809. The lowest BCUT2D eigenvalue weighted by atomic mass is 9.97. The molecule has 3 N–H and O–H groups in total. The fraction of sp³-hybridized carbons (Fsp3) is 0.167. The molecular weight excluding hydrogens is 419 g/mol. The third-order valence-corrected chi connectivity index (χ3v) is 4.64. The van der Waals surface area contributed by atoms with E-state index in [9.17, 15) is 19.4 Å². The van der Waals surface area contributed by atoms with Crippen LogP contribution in [0.25, 0.3) is 0 Å². The Kier molecular flexibility index (Phi) is 6.91. The third kappa shape index (κ3) is 5.82. The van der Waals surface area contributed by atoms with Crippen molar-refractivity contribution in [2.75, 3.05) is 0 Å². The molecule has 31 heavy (non-hydrogen) atoms. The molecule has 0 aliphatic carbocycles. The molecule has 0 bridgehead atoms. The molecule has 2 aromatic carbocycles. The number of rotatable bonds is 4. The Morgan fingerprint density at radius 1 is 1.16 bits per heavy atom. The lowest BCUT2D eigenvalue weighted by molar-refractivity contribution is 0.0937. The number of carbonyl (C=O) groups excluding carboxylic acids is 1. The zero-order chi connectivity index (χ0) is 22.5. The summed E-state index contributed by atoms with van der Waals surface area (Å²) in [5.74, 6) is 4.17. The van der Waals surface area contributed by atoms with E-state index in [1.165, 1.54) is 19.1 Å². The highest BCUT2D eigenvalue weighted by Gasteiger charge is 2.22. The van der Waals surface area contributed by atoms with Crippen molar-refractivity contribution in [1.82, 2.24) is 10.3 Å². The molecule has 158 valence electrons. The molecular formula is C24H20ClFN2O3. The van der Waals surface area contributed by atoms with Gasteiger partial charge in [0, 0.05) is 21.8 Å². The van der Waals surface area contributed by atoms with Gasteiger partial charge in [0.05, 0.1) is 6.04 Å². The maximum absolute atomic E-state index is 13.9.